The molecule has 78 valence electrons. The number of carbonyl (C=O) groups is 1. The van der Waals surface area contributed by atoms with Crippen LogP contribution in [0.25, 0.3) is 10.9 Å². The Morgan fingerprint density at radius 1 is 1.47 bits per heavy atom. The van der Waals surface area contributed by atoms with Crippen LogP contribution < -0.4 is 0 Å². The number of hydrogen-bond donors (Lipinski definition) is 0. The molecule has 0 aliphatic rings. The quantitative estimate of drug-likeness (QED) is 0.757. The average molecular weight is 315 g/mol. The Morgan fingerprint density at radius 3 is 2.93 bits per heavy atom. The second-order valence-electron chi connectivity index (χ2n) is 3.06. The molecule has 0 amide bonds. The van der Waals surface area contributed by atoms with Crippen LogP contribution in [0.5, 0.6) is 0 Å². The summed E-state index contributed by atoms with van der Waals surface area (Å²) in [4.78, 5) is 11.6. The van der Waals surface area contributed by atoms with Crippen molar-refractivity contribution in [2.45, 2.75) is 6.92 Å². The van der Waals surface area contributed by atoms with E-state index in [9.17, 15) is 4.79 Å². The van der Waals surface area contributed by atoms with Crippen LogP contribution in [0.2, 0.25) is 0 Å². The molecule has 0 unspecified atom stereocenters. The fraction of sp³-hybridized carbons (Fsp3) is 0.182. The minimum absolute atomic E-state index is 0.323. The topological polar surface area (TPSA) is 31.2 Å². The fourth-order valence-corrected chi connectivity index (χ4v) is 2.22. The molecule has 0 bridgehead atoms. The molecule has 2 aromatic rings. The van der Waals surface area contributed by atoms with Crippen molar-refractivity contribution < 1.29 is 9.53 Å². The van der Waals surface area contributed by atoms with Gasteiger partial charge in [-0.1, -0.05) is 18.2 Å². The molecular formula is C11H10INO2. The zero-order valence-corrected chi connectivity index (χ0v) is 10.4. The van der Waals surface area contributed by atoms with Gasteiger partial charge < -0.3 is 4.74 Å². The minimum Gasteiger partial charge on any atom is -0.449 e. The van der Waals surface area contributed by atoms with Crippen molar-refractivity contribution in [3.05, 3.63) is 34.0 Å². The maximum atomic E-state index is 11.6. The number of benzene rings is 1. The summed E-state index contributed by atoms with van der Waals surface area (Å²) in [5.41, 5.74) is 0.889. The summed E-state index contributed by atoms with van der Waals surface area (Å²) >= 11 is 2.21. The van der Waals surface area contributed by atoms with Crippen LogP contribution in [-0.4, -0.2) is 17.3 Å². The molecular weight excluding hydrogens is 305 g/mol. The molecule has 0 saturated heterocycles. The van der Waals surface area contributed by atoms with Crippen molar-refractivity contribution >= 4 is 39.6 Å². The van der Waals surface area contributed by atoms with Gasteiger partial charge in [0.25, 0.3) is 0 Å². The number of nitrogens with zero attached hydrogens (tertiary/aromatic N) is 1. The highest BCUT2D eigenvalue weighted by Crippen LogP contribution is 2.22. The van der Waals surface area contributed by atoms with Crippen LogP contribution in [0.15, 0.2) is 30.5 Å². The lowest BCUT2D eigenvalue weighted by Gasteiger charge is -2.02. The summed E-state index contributed by atoms with van der Waals surface area (Å²) in [7, 11) is 0. The second-order valence-corrected chi connectivity index (χ2v) is 4.23. The summed E-state index contributed by atoms with van der Waals surface area (Å²) < 4.78 is 7.56. The van der Waals surface area contributed by atoms with Crippen LogP contribution in [-0.2, 0) is 4.74 Å². The molecule has 1 aromatic carbocycles. The highest BCUT2D eigenvalue weighted by molar-refractivity contribution is 14.1. The molecule has 0 fully saturated rings. The smallest absolute Gasteiger partial charge is 0.418 e. The fourth-order valence-electron chi connectivity index (χ4n) is 1.48. The van der Waals surface area contributed by atoms with E-state index in [1.807, 2.05) is 24.3 Å². The van der Waals surface area contributed by atoms with Crippen molar-refractivity contribution in [3.8, 4) is 0 Å². The predicted molar refractivity (Wildman–Crippen MR) is 67.1 cm³/mol. The molecule has 15 heavy (non-hydrogen) atoms. The Labute approximate surface area is 101 Å². The van der Waals surface area contributed by atoms with Gasteiger partial charge in [-0.2, -0.15) is 0 Å². The van der Waals surface area contributed by atoms with Crippen molar-refractivity contribution in [1.82, 2.24) is 4.57 Å². The van der Waals surface area contributed by atoms with Crippen molar-refractivity contribution in [3.63, 3.8) is 0 Å². The summed E-state index contributed by atoms with van der Waals surface area (Å²) in [6, 6.07) is 7.77. The number of ether oxygens (including phenoxy) is 1. The molecule has 0 spiro atoms. The monoisotopic (exact) mass is 315 g/mol. The molecule has 0 saturated carbocycles. The zero-order valence-electron chi connectivity index (χ0n) is 8.24. The lowest BCUT2D eigenvalue weighted by Crippen LogP contribution is -2.11. The lowest BCUT2D eigenvalue weighted by molar-refractivity contribution is 0.155. The number of fused-ring (bicyclic) bond motifs is 1. The molecule has 0 atom stereocenters. The first-order valence-electron chi connectivity index (χ1n) is 4.66. The molecule has 1 aromatic heterocycles. The van der Waals surface area contributed by atoms with Gasteiger partial charge in [-0.3, -0.25) is 4.57 Å². The van der Waals surface area contributed by atoms with E-state index in [0.717, 1.165) is 14.5 Å². The highest BCUT2D eigenvalue weighted by atomic mass is 127. The number of para-hydroxylation sites is 1. The van der Waals surface area contributed by atoms with E-state index in [1.165, 1.54) is 0 Å². The summed E-state index contributed by atoms with van der Waals surface area (Å²) in [5.74, 6) is 0. The number of carbonyl (C=O) groups excluding carboxylic acids is 1. The number of halogens is 1. The van der Waals surface area contributed by atoms with E-state index in [0.29, 0.717) is 6.61 Å². The molecule has 4 heteroatoms. The lowest BCUT2D eigenvalue weighted by atomic mass is 10.2. The molecule has 2 rings (SSSR count). The molecule has 1 heterocycles. The van der Waals surface area contributed by atoms with Crippen molar-refractivity contribution in [2.24, 2.45) is 0 Å². The van der Waals surface area contributed by atoms with Gasteiger partial charge >= 0.3 is 6.09 Å². The van der Waals surface area contributed by atoms with Gasteiger partial charge in [0.2, 0.25) is 0 Å². The molecule has 0 aliphatic heterocycles. The minimum atomic E-state index is -0.323. The highest BCUT2D eigenvalue weighted by Gasteiger charge is 2.11. The molecule has 0 N–H and O–H groups in total. The number of aromatic nitrogens is 1. The van der Waals surface area contributed by atoms with E-state index < -0.39 is 0 Å². The second kappa shape index (κ2) is 4.22. The van der Waals surface area contributed by atoms with Crippen LogP contribution >= 0.6 is 22.6 Å². The largest absolute Gasteiger partial charge is 0.449 e. The van der Waals surface area contributed by atoms with Crippen molar-refractivity contribution in [1.29, 1.82) is 0 Å². The van der Waals surface area contributed by atoms with E-state index in [4.69, 9.17) is 4.74 Å². The normalized spacial score (nSPS) is 10.5. The zero-order chi connectivity index (χ0) is 10.8. The third kappa shape index (κ3) is 1.86. The Bertz CT molecular complexity index is 504. The van der Waals surface area contributed by atoms with E-state index in [-0.39, 0.29) is 6.09 Å². The Kier molecular flexibility index (Phi) is 2.95. The average Bonchev–Trinajstić information content (AvgIpc) is 2.58. The first kappa shape index (κ1) is 10.5. The summed E-state index contributed by atoms with van der Waals surface area (Å²) in [6.07, 6.45) is 1.47. The predicted octanol–water partition coefficient (Wildman–Crippen LogP) is 3.25. The Hall–Kier alpha value is -1.04. The number of hydrogen-bond acceptors (Lipinski definition) is 2. The van der Waals surface area contributed by atoms with Gasteiger partial charge in [0, 0.05) is 15.2 Å². The van der Waals surface area contributed by atoms with Gasteiger partial charge in [0.05, 0.1) is 12.1 Å². The van der Waals surface area contributed by atoms with E-state index >= 15 is 0 Å². The Morgan fingerprint density at radius 2 is 2.20 bits per heavy atom. The van der Waals surface area contributed by atoms with Gasteiger partial charge in [-0.25, -0.2) is 4.79 Å². The van der Waals surface area contributed by atoms with Gasteiger partial charge in [0.15, 0.2) is 0 Å². The van der Waals surface area contributed by atoms with Crippen LogP contribution in [0.4, 0.5) is 4.79 Å². The van der Waals surface area contributed by atoms with Gasteiger partial charge in [0.1, 0.15) is 0 Å². The van der Waals surface area contributed by atoms with Crippen LogP contribution in [0.3, 0.4) is 0 Å². The first-order valence-corrected chi connectivity index (χ1v) is 5.74. The molecule has 0 radical (unpaired) electrons. The standard InChI is InChI=1S/C11H10INO2/c1-2-15-11(14)13-7-9(12)8-5-3-4-6-10(8)13/h3-7H,2H2,1H3. The SMILES string of the molecule is CCOC(=O)n1cc(I)c2ccccc21. The van der Waals surface area contributed by atoms with E-state index in [2.05, 4.69) is 22.6 Å². The first-order chi connectivity index (χ1) is 7.24. The van der Waals surface area contributed by atoms with Gasteiger partial charge in [-0.15, -0.1) is 0 Å². The van der Waals surface area contributed by atoms with Crippen LogP contribution in [0, 0.1) is 3.57 Å². The third-order valence-electron chi connectivity index (χ3n) is 2.13. The molecule has 0 aliphatic carbocycles. The van der Waals surface area contributed by atoms with Crippen LogP contribution in [0.1, 0.15) is 6.92 Å². The summed E-state index contributed by atoms with van der Waals surface area (Å²) in [6.45, 7) is 2.19. The maximum Gasteiger partial charge on any atom is 0.418 e. The maximum absolute atomic E-state index is 11.6. The van der Waals surface area contributed by atoms with Crippen molar-refractivity contribution in [2.75, 3.05) is 6.61 Å². The summed E-state index contributed by atoms with van der Waals surface area (Å²) in [5, 5.41) is 1.08. The third-order valence-corrected chi connectivity index (χ3v) is 2.99. The number of rotatable bonds is 1. The molecule has 3 nitrogen and oxygen atoms in total. The Balaban J connectivity index is 2.57. The van der Waals surface area contributed by atoms with E-state index in [1.54, 1.807) is 17.7 Å². The van der Waals surface area contributed by atoms with Gasteiger partial charge in [-0.05, 0) is 35.6 Å².